The molecule has 4 rings (SSSR count). The van der Waals surface area contributed by atoms with E-state index >= 15 is 0 Å². The summed E-state index contributed by atoms with van der Waals surface area (Å²) in [5.41, 5.74) is 1.33. The Hall–Kier alpha value is -2.34. The van der Waals surface area contributed by atoms with Crippen LogP contribution >= 0.6 is 27.3 Å². The lowest BCUT2D eigenvalue weighted by molar-refractivity contribution is 0.0411. The SMILES string of the molecule is CC(C)(C)OC(=O)NC(Cc1cc(F)cc(F)c1)C(O)CNC1(c2cc(Br)cs2)CCc2[nH]ncc2C1. The number of alkyl carbamates (subject to hydrolysis) is 1. The third kappa shape index (κ3) is 7.16. The van der Waals surface area contributed by atoms with Crippen molar-refractivity contribution in [3.05, 3.63) is 73.6 Å². The van der Waals surface area contributed by atoms with Gasteiger partial charge in [-0.2, -0.15) is 5.10 Å². The summed E-state index contributed by atoms with van der Waals surface area (Å²) in [7, 11) is 0. The Balaban J connectivity index is 1.55. The van der Waals surface area contributed by atoms with Crippen molar-refractivity contribution in [3.8, 4) is 0 Å². The van der Waals surface area contributed by atoms with E-state index in [4.69, 9.17) is 4.74 Å². The van der Waals surface area contributed by atoms with Gasteiger partial charge in [0.25, 0.3) is 0 Å². The first-order chi connectivity index (χ1) is 17.4. The first-order valence-corrected chi connectivity index (χ1v) is 13.7. The number of hydrogen-bond donors (Lipinski definition) is 4. The van der Waals surface area contributed by atoms with Crippen LogP contribution in [0.15, 0.2) is 40.3 Å². The zero-order valence-electron chi connectivity index (χ0n) is 20.9. The molecule has 1 aliphatic rings. The fourth-order valence-corrected chi connectivity index (χ4v) is 6.27. The number of ether oxygens (including phenoxy) is 1. The summed E-state index contributed by atoms with van der Waals surface area (Å²) in [5, 5.41) is 26.8. The molecule has 0 spiro atoms. The number of nitrogens with zero attached hydrogens (tertiary/aromatic N) is 1. The van der Waals surface area contributed by atoms with Crippen molar-refractivity contribution < 1.29 is 23.4 Å². The van der Waals surface area contributed by atoms with Crippen LogP contribution in [0, 0.1) is 11.6 Å². The maximum Gasteiger partial charge on any atom is 0.407 e. The fraction of sp³-hybridized carbons (Fsp3) is 0.462. The molecular formula is C26H31BrF2N4O3S. The van der Waals surface area contributed by atoms with E-state index in [1.54, 1.807) is 32.1 Å². The minimum absolute atomic E-state index is 0.0141. The molecule has 4 N–H and O–H groups in total. The number of carbonyl (C=O) groups excluding carboxylic acids is 1. The molecule has 3 unspecified atom stereocenters. The molecule has 2 aromatic heterocycles. The third-order valence-electron chi connectivity index (χ3n) is 6.33. The molecule has 0 saturated carbocycles. The second-order valence-electron chi connectivity index (χ2n) is 10.4. The quantitative estimate of drug-likeness (QED) is 0.294. The molecule has 3 atom stereocenters. The van der Waals surface area contributed by atoms with Crippen molar-refractivity contribution in [2.24, 2.45) is 0 Å². The molecule has 1 aliphatic carbocycles. The minimum Gasteiger partial charge on any atom is -0.444 e. The van der Waals surface area contributed by atoms with Crippen LogP contribution < -0.4 is 10.6 Å². The first kappa shape index (κ1) is 27.7. The predicted molar refractivity (Wildman–Crippen MR) is 142 cm³/mol. The summed E-state index contributed by atoms with van der Waals surface area (Å²) in [5.74, 6) is -1.45. The van der Waals surface area contributed by atoms with Crippen LogP contribution in [-0.2, 0) is 29.5 Å². The lowest BCUT2D eigenvalue weighted by Crippen LogP contribution is -2.54. The van der Waals surface area contributed by atoms with Gasteiger partial charge in [0.05, 0.1) is 23.9 Å². The lowest BCUT2D eigenvalue weighted by Gasteiger charge is -2.39. The molecule has 200 valence electrons. The van der Waals surface area contributed by atoms with Gasteiger partial charge in [0.1, 0.15) is 17.2 Å². The molecular weight excluding hydrogens is 566 g/mol. The predicted octanol–water partition coefficient (Wildman–Crippen LogP) is 4.98. The van der Waals surface area contributed by atoms with Crippen LogP contribution in [0.3, 0.4) is 0 Å². The second-order valence-corrected chi connectivity index (χ2v) is 12.3. The first-order valence-electron chi connectivity index (χ1n) is 12.1. The number of halogens is 3. The average molecular weight is 598 g/mol. The molecule has 0 radical (unpaired) electrons. The highest BCUT2D eigenvalue weighted by atomic mass is 79.9. The van der Waals surface area contributed by atoms with Gasteiger partial charge in [0.15, 0.2) is 0 Å². The minimum atomic E-state index is -1.08. The third-order valence-corrected chi connectivity index (χ3v) is 8.23. The maximum absolute atomic E-state index is 13.9. The Kier molecular flexibility index (Phi) is 8.37. The molecule has 2 heterocycles. The van der Waals surface area contributed by atoms with Crippen molar-refractivity contribution in [3.63, 3.8) is 0 Å². The molecule has 0 saturated heterocycles. The number of fused-ring (bicyclic) bond motifs is 1. The zero-order chi connectivity index (χ0) is 26.8. The summed E-state index contributed by atoms with van der Waals surface area (Å²) < 4.78 is 34.1. The topological polar surface area (TPSA) is 99.3 Å². The summed E-state index contributed by atoms with van der Waals surface area (Å²) in [6, 6.07) is 4.39. The van der Waals surface area contributed by atoms with Crippen LogP contribution in [0.5, 0.6) is 0 Å². The molecule has 37 heavy (non-hydrogen) atoms. The number of aromatic amines is 1. The number of benzene rings is 1. The average Bonchev–Trinajstić information content (AvgIpc) is 3.43. The normalized spacial score (nSPS) is 19.2. The molecule has 1 aromatic carbocycles. The lowest BCUT2D eigenvalue weighted by atomic mass is 9.79. The maximum atomic E-state index is 13.9. The number of aliphatic hydroxyl groups is 1. The number of carbonyl (C=O) groups is 1. The van der Waals surface area contributed by atoms with Crippen LogP contribution in [0.4, 0.5) is 13.6 Å². The van der Waals surface area contributed by atoms with E-state index < -0.39 is 41.0 Å². The number of H-pyrrole nitrogens is 1. The van der Waals surface area contributed by atoms with E-state index in [1.807, 2.05) is 11.6 Å². The van der Waals surface area contributed by atoms with Crippen molar-refractivity contribution in [1.29, 1.82) is 0 Å². The van der Waals surface area contributed by atoms with Crippen molar-refractivity contribution >= 4 is 33.4 Å². The van der Waals surface area contributed by atoms with Gasteiger partial charge in [-0.05, 0) is 91.7 Å². The van der Waals surface area contributed by atoms with Gasteiger partial charge < -0.3 is 20.5 Å². The number of aliphatic hydroxyl groups excluding tert-OH is 1. The summed E-state index contributed by atoms with van der Waals surface area (Å²) in [6.45, 7) is 5.33. The smallest absolute Gasteiger partial charge is 0.407 e. The Bertz CT molecular complexity index is 1220. The van der Waals surface area contributed by atoms with Crippen LogP contribution in [0.2, 0.25) is 0 Å². The highest BCUT2D eigenvalue weighted by Crippen LogP contribution is 2.40. The Morgan fingerprint density at radius 1 is 1.30 bits per heavy atom. The number of nitrogens with one attached hydrogen (secondary N) is 3. The zero-order valence-corrected chi connectivity index (χ0v) is 23.3. The van der Waals surface area contributed by atoms with Crippen molar-refractivity contribution in [1.82, 2.24) is 20.8 Å². The van der Waals surface area contributed by atoms with Crippen LogP contribution in [0.1, 0.15) is 48.9 Å². The standard InChI is InChI=1S/C26H31BrF2N4O3S/c1-25(2,3)36-24(35)32-21(8-15-6-18(28)10-19(29)7-15)22(34)13-30-26(23-9-17(27)14-37-23)5-4-20-16(11-26)12-31-33-20/h6-7,9-10,12,14,21-22,30,34H,4-5,8,11,13H2,1-3H3,(H,31,33)(H,32,35). The van der Waals surface area contributed by atoms with Crippen molar-refractivity contribution in [2.45, 2.75) is 69.7 Å². The van der Waals surface area contributed by atoms with E-state index in [1.165, 1.54) is 12.1 Å². The Morgan fingerprint density at radius 3 is 2.68 bits per heavy atom. The highest BCUT2D eigenvalue weighted by molar-refractivity contribution is 9.10. The number of thiophene rings is 1. The van der Waals surface area contributed by atoms with E-state index in [0.29, 0.717) is 12.0 Å². The molecule has 0 aliphatic heterocycles. The van der Waals surface area contributed by atoms with Crippen LogP contribution in [0.25, 0.3) is 0 Å². The van der Waals surface area contributed by atoms with Crippen LogP contribution in [-0.4, -0.2) is 45.7 Å². The molecule has 3 aromatic rings. The monoisotopic (exact) mass is 596 g/mol. The molecule has 11 heteroatoms. The Labute approximate surface area is 227 Å². The summed E-state index contributed by atoms with van der Waals surface area (Å²) in [4.78, 5) is 13.7. The summed E-state index contributed by atoms with van der Waals surface area (Å²) in [6.07, 6.45) is 2.29. The number of amides is 1. The van der Waals surface area contributed by atoms with E-state index in [9.17, 15) is 18.7 Å². The number of hydrogen-bond acceptors (Lipinski definition) is 6. The largest absolute Gasteiger partial charge is 0.444 e. The van der Waals surface area contributed by atoms with Gasteiger partial charge >= 0.3 is 6.09 Å². The molecule has 7 nitrogen and oxygen atoms in total. The molecule has 0 fully saturated rings. The van der Waals surface area contributed by atoms with Gasteiger partial charge in [0.2, 0.25) is 0 Å². The van der Waals surface area contributed by atoms with Gasteiger partial charge in [-0.3, -0.25) is 5.10 Å². The van der Waals surface area contributed by atoms with E-state index in [0.717, 1.165) is 39.5 Å². The molecule has 0 bridgehead atoms. The number of aryl methyl sites for hydroxylation is 1. The van der Waals surface area contributed by atoms with Gasteiger partial charge in [-0.25, -0.2) is 13.6 Å². The second kappa shape index (κ2) is 11.2. The van der Waals surface area contributed by atoms with Gasteiger partial charge in [0, 0.05) is 33.0 Å². The highest BCUT2D eigenvalue weighted by Gasteiger charge is 2.39. The van der Waals surface area contributed by atoms with Crippen molar-refractivity contribution in [2.75, 3.05) is 6.54 Å². The number of aromatic nitrogens is 2. The molecule has 1 amide bonds. The van der Waals surface area contributed by atoms with Gasteiger partial charge in [-0.1, -0.05) is 0 Å². The van der Waals surface area contributed by atoms with Gasteiger partial charge in [-0.15, -0.1) is 11.3 Å². The Morgan fingerprint density at radius 2 is 2.03 bits per heavy atom. The number of rotatable bonds is 8. The summed E-state index contributed by atoms with van der Waals surface area (Å²) >= 11 is 5.16. The van der Waals surface area contributed by atoms with E-state index in [2.05, 4.69) is 42.8 Å². The van der Waals surface area contributed by atoms with E-state index in [-0.39, 0.29) is 13.0 Å². The fourth-order valence-electron chi connectivity index (χ4n) is 4.64.